The van der Waals surface area contributed by atoms with Gasteiger partial charge in [-0.2, -0.15) is 0 Å². The van der Waals surface area contributed by atoms with Crippen molar-refractivity contribution in [3.05, 3.63) is 78.7 Å². The predicted octanol–water partition coefficient (Wildman–Crippen LogP) is 4.65. The Bertz CT molecular complexity index is 588. The predicted molar refractivity (Wildman–Crippen MR) is 98.2 cm³/mol. The Morgan fingerprint density at radius 3 is 1.71 bits per heavy atom. The van der Waals surface area contributed by atoms with Gasteiger partial charge in [0.15, 0.2) is 0 Å². The zero-order valence-electron chi connectivity index (χ0n) is 14.2. The molecular weight excluding hydrogens is 294 g/mol. The maximum absolute atomic E-state index is 11.5. The van der Waals surface area contributed by atoms with E-state index in [0.717, 1.165) is 38.8 Å². The first-order chi connectivity index (χ1) is 11.7. The first-order valence-electron chi connectivity index (χ1n) is 8.90. The maximum atomic E-state index is 11.5. The van der Waals surface area contributed by atoms with Gasteiger partial charge in [0.1, 0.15) is 5.78 Å². The molecule has 0 atom stereocenters. The second kappa shape index (κ2) is 8.25. The molecule has 1 fully saturated rings. The molecule has 0 aliphatic heterocycles. The van der Waals surface area contributed by atoms with Gasteiger partial charge >= 0.3 is 0 Å². The number of benzene rings is 2. The average molecular weight is 320 g/mol. The molecule has 1 aliphatic rings. The summed E-state index contributed by atoms with van der Waals surface area (Å²) in [4.78, 5) is 14.1. The van der Waals surface area contributed by atoms with Gasteiger partial charge in [0.05, 0.1) is 0 Å². The van der Waals surface area contributed by atoms with E-state index in [1.54, 1.807) is 0 Å². The zero-order valence-corrected chi connectivity index (χ0v) is 14.2. The molecular formula is C22H26NO. The number of rotatable bonds is 6. The van der Waals surface area contributed by atoms with Gasteiger partial charge in [0, 0.05) is 32.0 Å². The van der Waals surface area contributed by atoms with Crippen molar-refractivity contribution in [3.8, 4) is 0 Å². The van der Waals surface area contributed by atoms with Crippen LogP contribution in [-0.2, 0) is 17.9 Å². The standard InChI is InChI=1S/C22H26NO/c1-18(24)21-12-14-22(15-13-21)23(16-19-8-4-2-5-9-19)17-20-10-6-3-7-11-20/h2-11,21-22H,1,12-17H2. The molecule has 0 bridgehead atoms. The number of nitrogens with zero attached hydrogens (tertiary/aromatic N) is 1. The van der Waals surface area contributed by atoms with Gasteiger partial charge in [0.2, 0.25) is 0 Å². The summed E-state index contributed by atoms with van der Waals surface area (Å²) >= 11 is 0. The molecule has 2 nitrogen and oxygen atoms in total. The molecule has 2 aromatic rings. The fourth-order valence-corrected chi connectivity index (χ4v) is 3.71. The minimum absolute atomic E-state index is 0.117. The quantitative estimate of drug-likeness (QED) is 0.772. The van der Waals surface area contributed by atoms with Gasteiger partial charge in [-0.15, -0.1) is 0 Å². The molecule has 0 unspecified atom stereocenters. The fourth-order valence-electron chi connectivity index (χ4n) is 3.71. The van der Waals surface area contributed by atoms with E-state index in [-0.39, 0.29) is 11.7 Å². The molecule has 125 valence electrons. The second-order valence-corrected chi connectivity index (χ2v) is 6.85. The number of Topliss-reactive ketones (excluding diaryl/α,β-unsaturated/α-hetero) is 1. The van der Waals surface area contributed by atoms with Gasteiger partial charge < -0.3 is 0 Å². The smallest absolute Gasteiger partial charge is 0.136 e. The minimum atomic E-state index is 0.117. The van der Waals surface area contributed by atoms with Crippen molar-refractivity contribution in [1.29, 1.82) is 0 Å². The fraction of sp³-hybridized carbons (Fsp3) is 0.364. The molecule has 0 spiro atoms. The summed E-state index contributed by atoms with van der Waals surface area (Å²) in [5.74, 6) is 0.294. The summed E-state index contributed by atoms with van der Waals surface area (Å²) < 4.78 is 0. The lowest BCUT2D eigenvalue weighted by Crippen LogP contribution is -2.38. The van der Waals surface area contributed by atoms with Gasteiger partial charge in [-0.1, -0.05) is 60.7 Å². The highest BCUT2D eigenvalue weighted by Crippen LogP contribution is 2.30. The van der Waals surface area contributed by atoms with Gasteiger partial charge in [0.25, 0.3) is 0 Å². The van der Waals surface area contributed by atoms with E-state index in [2.05, 4.69) is 72.5 Å². The summed E-state index contributed by atoms with van der Waals surface area (Å²) in [7, 11) is 0. The van der Waals surface area contributed by atoms with E-state index in [1.165, 1.54) is 11.1 Å². The Morgan fingerprint density at radius 1 is 0.833 bits per heavy atom. The van der Waals surface area contributed by atoms with E-state index < -0.39 is 0 Å². The van der Waals surface area contributed by atoms with E-state index in [4.69, 9.17) is 0 Å². The summed E-state index contributed by atoms with van der Waals surface area (Å²) in [6.45, 7) is 5.54. The molecule has 0 amide bonds. The third kappa shape index (κ3) is 4.55. The van der Waals surface area contributed by atoms with Crippen LogP contribution in [0, 0.1) is 12.8 Å². The van der Waals surface area contributed by atoms with Crippen molar-refractivity contribution in [2.24, 2.45) is 5.92 Å². The first-order valence-corrected chi connectivity index (χ1v) is 8.90. The number of hydrogen-bond acceptors (Lipinski definition) is 2. The molecule has 1 aliphatic carbocycles. The Balaban J connectivity index is 1.71. The van der Waals surface area contributed by atoms with E-state index in [0.29, 0.717) is 6.04 Å². The van der Waals surface area contributed by atoms with Gasteiger partial charge in [-0.25, -0.2) is 0 Å². The molecule has 0 heterocycles. The average Bonchev–Trinajstić information content (AvgIpc) is 2.63. The van der Waals surface area contributed by atoms with Crippen molar-refractivity contribution < 1.29 is 4.79 Å². The molecule has 1 radical (unpaired) electrons. The van der Waals surface area contributed by atoms with E-state index in [9.17, 15) is 4.79 Å². The third-order valence-corrected chi connectivity index (χ3v) is 5.13. The van der Waals surface area contributed by atoms with Crippen LogP contribution in [-0.4, -0.2) is 16.7 Å². The van der Waals surface area contributed by atoms with Crippen LogP contribution >= 0.6 is 0 Å². The van der Waals surface area contributed by atoms with Crippen LogP contribution in [0.5, 0.6) is 0 Å². The second-order valence-electron chi connectivity index (χ2n) is 6.85. The van der Waals surface area contributed by atoms with Crippen LogP contribution in [0.15, 0.2) is 60.7 Å². The van der Waals surface area contributed by atoms with E-state index >= 15 is 0 Å². The van der Waals surface area contributed by atoms with Crippen LogP contribution in [0.4, 0.5) is 0 Å². The Morgan fingerprint density at radius 2 is 1.29 bits per heavy atom. The van der Waals surface area contributed by atoms with E-state index in [1.807, 2.05) is 0 Å². The molecule has 1 saturated carbocycles. The lowest BCUT2D eigenvalue weighted by Gasteiger charge is -2.36. The molecule has 0 saturated heterocycles. The largest absolute Gasteiger partial charge is 0.299 e. The summed E-state index contributed by atoms with van der Waals surface area (Å²) in [6.07, 6.45) is 4.14. The normalized spacial score (nSPS) is 20.9. The number of hydrogen-bond donors (Lipinski definition) is 0. The Hall–Kier alpha value is -1.93. The van der Waals surface area contributed by atoms with Crippen molar-refractivity contribution in [2.45, 2.75) is 44.8 Å². The molecule has 0 N–H and O–H groups in total. The molecule has 3 rings (SSSR count). The minimum Gasteiger partial charge on any atom is -0.299 e. The lowest BCUT2D eigenvalue weighted by molar-refractivity contribution is -0.119. The summed E-state index contributed by atoms with van der Waals surface area (Å²) in [5.41, 5.74) is 2.70. The summed E-state index contributed by atoms with van der Waals surface area (Å²) in [6, 6.07) is 21.9. The van der Waals surface area contributed by atoms with Crippen molar-refractivity contribution in [2.75, 3.05) is 0 Å². The Kier molecular flexibility index (Phi) is 5.81. The Labute approximate surface area is 145 Å². The third-order valence-electron chi connectivity index (χ3n) is 5.13. The summed E-state index contributed by atoms with van der Waals surface area (Å²) in [5, 5.41) is 0. The molecule has 24 heavy (non-hydrogen) atoms. The monoisotopic (exact) mass is 320 g/mol. The maximum Gasteiger partial charge on any atom is 0.136 e. The van der Waals surface area contributed by atoms with Gasteiger partial charge in [-0.05, 0) is 36.8 Å². The highest BCUT2D eigenvalue weighted by atomic mass is 16.1. The highest BCUT2D eigenvalue weighted by molar-refractivity contribution is 5.84. The first kappa shape index (κ1) is 16.9. The van der Waals surface area contributed by atoms with Crippen LogP contribution in [0.1, 0.15) is 36.8 Å². The number of ketones is 1. The van der Waals surface area contributed by atoms with Crippen LogP contribution in [0.25, 0.3) is 0 Å². The highest BCUT2D eigenvalue weighted by Gasteiger charge is 2.28. The van der Waals surface area contributed by atoms with Crippen LogP contribution < -0.4 is 0 Å². The lowest BCUT2D eigenvalue weighted by atomic mass is 9.83. The van der Waals surface area contributed by atoms with Crippen molar-refractivity contribution in [3.63, 3.8) is 0 Å². The zero-order chi connectivity index (χ0) is 16.8. The van der Waals surface area contributed by atoms with Crippen LogP contribution in [0.2, 0.25) is 0 Å². The van der Waals surface area contributed by atoms with Crippen molar-refractivity contribution >= 4 is 5.78 Å². The van der Waals surface area contributed by atoms with Crippen LogP contribution in [0.3, 0.4) is 0 Å². The molecule has 2 heteroatoms. The SMILES string of the molecule is [CH2]C(=O)C1CCC(N(Cc2ccccc2)Cc2ccccc2)CC1. The van der Waals surface area contributed by atoms with Gasteiger partial charge in [-0.3, -0.25) is 9.69 Å². The molecule has 0 aromatic heterocycles. The topological polar surface area (TPSA) is 20.3 Å². The van der Waals surface area contributed by atoms with Crippen molar-refractivity contribution in [1.82, 2.24) is 4.90 Å². The number of carbonyl (C=O) groups is 1. The molecule has 2 aromatic carbocycles. The number of carbonyl (C=O) groups excluding carboxylic acids is 1.